The lowest BCUT2D eigenvalue weighted by Gasteiger charge is -2.33. The molecule has 0 radical (unpaired) electrons. The molecule has 0 spiro atoms. The van der Waals surface area contributed by atoms with E-state index in [4.69, 9.17) is 5.73 Å². The fraction of sp³-hybridized carbons (Fsp3) is 0.625. The van der Waals surface area contributed by atoms with Gasteiger partial charge in [-0.25, -0.2) is 9.67 Å². The third kappa shape index (κ3) is 3.78. The van der Waals surface area contributed by atoms with Gasteiger partial charge in [-0.3, -0.25) is 9.59 Å². The molecule has 23 heavy (non-hydrogen) atoms. The van der Waals surface area contributed by atoms with Crippen LogP contribution in [-0.4, -0.2) is 44.6 Å². The fourth-order valence-electron chi connectivity index (χ4n) is 3.33. The molecule has 2 aliphatic rings. The summed E-state index contributed by atoms with van der Waals surface area (Å²) in [6, 6.07) is 0.0636. The maximum atomic E-state index is 12.5. The minimum atomic E-state index is -0.628. The minimum absolute atomic E-state index is 0.0285. The Morgan fingerprint density at radius 2 is 2.17 bits per heavy atom. The van der Waals surface area contributed by atoms with Crippen molar-refractivity contribution in [3.05, 3.63) is 23.8 Å². The summed E-state index contributed by atoms with van der Waals surface area (Å²) in [4.78, 5) is 29.5. The number of likely N-dealkylation sites (tertiary alicyclic amines) is 1. The first-order chi connectivity index (χ1) is 11.1. The minimum Gasteiger partial charge on any atom is -0.363 e. The summed E-state index contributed by atoms with van der Waals surface area (Å²) in [5, 5.41) is 4.12. The molecule has 2 heterocycles. The van der Waals surface area contributed by atoms with E-state index in [0.717, 1.165) is 32.2 Å². The largest absolute Gasteiger partial charge is 0.363 e. The first-order valence-electron chi connectivity index (χ1n) is 8.30. The first-order valence-corrected chi connectivity index (χ1v) is 8.30. The molecule has 1 aliphatic carbocycles. The van der Waals surface area contributed by atoms with Crippen molar-refractivity contribution in [2.24, 2.45) is 5.73 Å². The quantitative estimate of drug-likeness (QED) is 0.850. The van der Waals surface area contributed by atoms with E-state index >= 15 is 0 Å². The zero-order chi connectivity index (χ0) is 16.2. The van der Waals surface area contributed by atoms with Crippen LogP contribution >= 0.6 is 0 Å². The van der Waals surface area contributed by atoms with Crippen LogP contribution in [0.1, 0.15) is 61.6 Å². The molecule has 3 rings (SSSR count). The van der Waals surface area contributed by atoms with Gasteiger partial charge in [0.05, 0.1) is 6.04 Å². The Balaban J connectivity index is 1.61. The van der Waals surface area contributed by atoms with Gasteiger partial charge < -0.3 is 10.6 Å². The Labute approximate surface area is 135 Å². The average molecular weight is 317 g/mol. The van der Waals surface area contributed by atoms with Crippen LogP contribution in [-0.2, 0) is 4.79 Å². The summed E-state index contributed by atoms with van der Waals surface area (Å²) in [7, 11) is 0. The maximum absolute atomic E-state index is 12.5. The van der Waals surface area contributed by atoms with E-state index in [1.807, 2.05) is 4.90 Å². The van der Waals surface area contributed by atoms with Crippen LogP contribution in [0.2, 0.25) is 0 Å². The van der Waals surface area contributed by atoms with Gasteiger partial charge in [0.15, 0.2) is 0 Å². The van der Waals surface area contributed by atoms with Gasteiger partial charge in [-0.05, 0) is 38.5 Å². The predicted octanol–water partition coefficient (Wildman–Crippen LogP) is 1.43. The van der Waals surface area contributed by atoms with Gasteiger partial charge in [0.2, 0.25) is 11.7 Å². The zero-order valence-corrected chi connectivity index (χ0v) is 13.3. The highest BCUT2D eigenvalue weighted by atomic mass is 16.2. The number of piperidine rings is 1. The summed E-state index contributed by atoms with van der Waals surface area (Å²) in [6.45, 7) is 1.41. The monoisotopic (exact) mass is 317 g/mol. The Morgan fingerprint density at radius 3 is 2.87 bits per heavy atom. The summed E-state index contributed by atoms with van der Waals surface area (Å²) < 4.78 is 1.67. The van der Waals surface area contributed by atoms with Gasteiger partial charge in [0.1, 0.15) is 6.33 Å². The molecule has 7 heteroatoms. The number of primary amides is 1. The summed E-state index contributed by atoms with van der Waals surface area (Å²) in [6.07, 6.45) is 10.7. The number of allylic oxidation sites excluding steroid dienone is 1. The van der Waals surface area contributed by atoms with Gasteiger partial charge in [-0.15, -0.1) is 5.10 Å². The third-order valence-electron chi connectivity index (χ3n) is 4.62. The van der Waals surface area contributed by atoms with Crippen LogP contribution in [0.5, 0.6) is 0 Å². The van der Waals surface area contributed by atoms with Crippen LogP contribution < -0.4 is 5.73 Å². The van der Waals surface area contributed by atoms with Gasteiger partial charge in [-0.2, -0.15) is 0 Å². The molecule has 1 fully saturated rings. The smallest absolute Gasteiger partial charge is 0.288 e. The number of amides is 2. The number of hydrogen-bond donors (Lipinski definition) is 1. The summed E-state index contributed by atoms with van der Waals surface area (Å²) in [5.74, 6) is -0.407. The Morgan fingerprint density at radius 1 is 1.30 bits per heavy atom. The second-order valence-corrected chi connectivity index (χ2v) is 6.33. The van der Waals surface area contributed by atoms with Gasteiger partial charge in [0, 0.05) is 19.5 Å². The predicted molar refractivity (Wildman–Crippen MR) is 84.6 cm³/mol. The molecule has 0 bridgehead atoms. The van der Waals surface area contributed by atoms with E-state index in [1.54, 1.807) is 4.68 Å². The molecule has 0 aromatic carbocycles. The van der Waals surface area contributed by atoms with Crippen molar-refractivity contribution in [2.75, 3.05) is 13.1 Å². The Kier molecular flexibility index (Phi) is 4.73. The summed E-state index contributed by atoms with van der Waals surface area (Å²) >= 11 is 0. The summed E-state index contributed by atoms with van der Waals surface area (Å²) in [5.41, 5.74) is 6.47. The number of carbonyl (C=O) groups excluding carboxylic acids is 2. The number of hydrogen-bond acceptors (Lipinski definition) is 4. The van der Waals surface area contributed by atoms with Crippen LogP contribution in [0.15, 0.2) is 18.0 Å². The lowest BCUT2D eigenvalue weighted by Crippen LogP contribution is -2.41. The second-order valence-electron chi connectivity index (χ2n) is 6.33. The lowest BCUT2D eigenvalue weighted by molar-refractivity contribution is -0.132. The molecule has 1 aromatic heterocycles. The van der Waals surface area contributed by atoms with Gasteiger partial charge in [0.25, 0.3) is 5.91 Å². The van der Waals surface area contributed by atoms with Gasteiger partial charge >= 0.3 is 0 Å². The number of carbonyl (C=O) groups is 2. The number of nitrogens with zero attached hydrogens (tertiary/aromatic N) is 4. The van der Waals surface area contributed by atoms with Gasteiger partial charge in [-0.1, -0.05) is 11.6 Å². The highest BCUT2D eigenvalue weighted by Crippen LogP contribution is 2.24. The van der Waals surface area contributed by atoms with E-state index in [-0.39, 0.29) is 17.8 Å². The molecular formula is C16H23N5O2. The topological polar surface area (TPSA) is 94.1 Å². The highest BCUT2D eigenvalue weighted by Gasteiger charge is 2.26. The molecule has 7 nitrogen and oxygen atoms in total. The normalized spacial score (nSPS) is 21.8. The van der Waals surface area contributed by atoms with E-state index in [0.29, 0.717) is 13.0 Å². The van der Waals surface area contributed by atoms with E-state index in [9.17, 15) is 9.59 Å². The first kappa shape index (κ1) is 15.7. The molecule has 2 N–H and O–H groups in total. The Bertz CT molecular complexity index is 622. The van der Waals surface area contributed by atoms with Crippen molar-refractivity contribution in [1.29, 1.82) is 0 Å². The SMILES string of the molecule is NC(=O)c1ncn([C@@H]2CCCN(C(=O)CC3=CCCCC3)C2)n1. The van der Waals surface area contributed by atoms with Crippen LogP contribution in [0.4, 0.5) is 0 Å². The highest BCUT2D eigenvalue weighted by molar-refractivity contribution is 5.88. The fourth-order valence-corrected chi connectivity index (χ4v) is 3.33. The van der Waals surface area contributed by atoms with Crippen LogP contribution in [0.3, 0.4) is 0 Å². The van der Waals surface area contributed by atoms with Crippen molar-refractivity contribution in [1.82, 2.24) is 19.7 Å². The zero-order valence-electron chi connectivity index (χ0n) is 13.3. The maximum Gasteiger partial charge on any atom is 0.288 e. The number of aromatic nitrogens is 3. The number of nitrogens with two attached hydrogens (primary N) is 1. The number of rotatable bonds is 4. The van der Waals surface area contributed by atoms with Crippen molar-refractivity contribution in [3.63, 3.8) is 0 Å². The van der Waals surface area contributed by atoms with Crippen molar-refractivity contribution in [2.45, 2.75) is 51.0 Å². The molecular weight excluding hydrogens is 294 g/mol. The third-order valence-corrected chi connectivity index (χ3v) is 4.62. The molecule has 0 saturated carbocycles. The molecule has 1 saturated heterocycles. The lowest BCUT2D eigenvalue weighted by atomic mass is 9.96. The second kappa shape index (κ2) is 6.93. The standard InChI is InChI=1S/C16H23N5O2/c17-15(23)16-18-11-21(19-16)13-7-4-8-20(10-13)14(22)9-12-5-2-1-3-6-12/h5,11,13H,1-4,6-10H2,(H2,17,23)/t13-/m1/s1. The Hall–Kier alpha value is -2.18. The molecule has 124 valence electrons. The molecule has 1 aliphatic heterocycles. The molecule has 1 aromatic rings. The average Bonchev–Trinajstić information content (AvgIpc) is 3.06. The molecule has 2 amide bonds. The van der Waals surface area contributed by atoms with E-state index in [1.165, 1.54) is 24.7 Å². The molecule has 0 unspecified atom stereocenters. The van der Waals surface area contributed by atoms with E-state index < -0.39 is 5.91 Å². The van der Waals surface area contributed by atoms with Crippen molar-refractivity contribution in [3.8, 4) is 0 Å². The van der Waals surface area contributed by atoms with Crippen molar-refractivity contribution < 1.29 is 9.59 Å². The van der Waals surface area contributed by atoms with Crippen LogP contribution in [0, 0.1) is 0 Å². The molecule has 1 atom stereocenters. The van der Waals surface area contributed by atoms with Crippen LogP contribution in [0.25, 0.3) is 0 Å². The van der Waals surface area contributed by atoms with Crippen molar-refractivity contribution >= 4 is 11.8 Å². The van der Waals surface area contributed by atoms with E-state index in [2.05, 4.69) is 16.2 Å².